The molecule has 17 heavy (non-hydrogen) atoms. The van der Waals surface area contributed by atoms with Crippen molar-refractivity contribution in [2.24, 2.45) is 5.92 Å². The Balaban J connectivity index is 2.67. The molecule has 1 fully saturated rings. The SMILES string of the molecule is CN(C(=O)OC(C)(C)C)C(C)(C)C1CCNC1. The van der Waals surface area contributed by atoms with Crippen LogP contribution in [0.25, 0.3) is 0 Å². The van der Waals surface area contributed by atoms with Crippen molar-refractivity contribution in [2.45, 2.75) is 52.2 Å². The average molecular weight is 242 g/mol. The number of carbonyl (C=O) groups is 1. The van der Waals surface area contributed by atoms with E-state index in [-0.39, 0.29) is 11.6 Å². The first kappa shape index (κ1) is 14.3. The summed E-state index contributed by atoms with van der Waals surface area (Å²) in [6.45, 7) is 11.9. The summed E-state index contributed by atoms with van der Waals surface area (Å²) in [5.41, 5.74) is -0.610. The highest BCUT2D eigenvalue weighted by molar-refractivity contribution is 5.68. The van der Waals surface area contributed by atoms with Gasteiger partial charge >= 0.3 is 6.09 Å². The molecule has 1 aliphatic heterocycles. The molecule has 0 bridgehead atoms. The van der Waals surface area contributed by atoms with Gasteiger partial charge in [-0.1, -0.05) is 0 Å². The molecule has 0 saturated carbocycles. The van der Waals surface area contributed by atoms with Gasteiger partial charge in [-0.05, 0) is 53.5 Å². The summed E-state index contributed by atoms with van der Waals surface area (Å²) < 4.78 is 5.41. The molecule has 1 N–H and O–H groups in total. The smallest absolute Gasteiger partial charge is 0.410 e. The van der Waals surface area contributed by atoms with Crippen molar-refractivity contribution in [2.75, 3.05) is 20.1 Å². The molecule has 1 unspecified atom stereocenters. The number of carbonyl (C=O) groups excluding carboxylic acids is 1. The summed E-state index contributed by atoms with van der Waals surface area (Å²) in [5, 5.41) is 3.34. The van der Waals surface area contributed by atoms with Gasteiger partial charge in [-0.25, -0.2) is 4.79 Å². The molecule has 0 aromatic carbocycles. The second kappa shape index (κ2) is 4.84. The van der Waals surface area contributed by atoms with Gasteiger partial charge in [-0.3, -0.25) is 0 Å². The first-order valence-electron chi connectivity index (χ1n) is 6.32. The Morgan fingerprint density at radius 1 is 1.29 bits per heavy atom. The van der Waals surface area contributed by atoms with Crippen LogP contribution >= 0.6 is 0 Å². The number of amides is 1. The average Bonchev–Trinajstić information content (AvgIpc) is 2.66. The van der Waals surface area contributed by atoms with E-state index in [0.717, 1.165) is 19.5 Å². The normalized spacial score (nSPS) is 21.4. The third-order valence-electron chi connectivity index (χ3n) is 3.59. The lowest BCUT2D eigenvalue weighted by Gasteiger charge is -2.40. The van der Waals surface area contributed by atoms with E-state index >= 15 is 0 Å². The molecule has 1 heterocycles. The molecular formula is C13H26N2O2. The van der Waals surface area contributed by atoms with Crippen LogP contribution in [-0.2, 0) is 4.74 Å². The van der Waals surface area contributed by atoms with Crippen molar-refractivity contribution in [3.63, 3.8) is 0 Å². The predicted molar refractivity (Wildman–Crippen MR) is 69.1 cm³/mol. The fourth-order valence-electron chi connectivity index (χ4n) is 2.10. The van der Waals surface area contributed by atoms with Gasteiger partial charge in [0.05, 0.1) is 0 Å². The van der Waals surface area contributed by atoms with Gasteiger partial charge in [0, 0.05) is 19.1 Å². The zero-order valence-corrected chi connectivity index (χ0v) is 12.0. The zero-order chi connectivity index (χ0) is 13.3. The van der Waals surface area contributed by atoms with E-state index in [9.17, 15) is 4.79 Å². The van der Waals surface area contributed by atoms with Gasteiger partial charge in [0.25, 0.3) is 0 Å². The molecule has 0 aromatic rings. The third-order valence-corrected chi connectivity index (χ3v) is 3.59. The number of nitrogens with one attached hydrogen (secondary N) is 1. The zero-order valence-electron chi connectivity index (χ0n) is 12.0. The molecular weight excluding hydrogens is 216 g/mol. The fraction of sp³-hybridized carbons (Fsp3) is 0.923. The first-order valence-corrected chi connectivity index (χ1v) is 6.32. The maximum Gasteiger partial charge on any atom is 0.410 e. The summed E-state index contributed by atoms with van der Waals surface area (Å²) in [6.07, 6.45) is 0.870. The van der Waals surface area contributed by atoms with E-state index in [0.29, 0.717) is 5.92 Å². The Labute approximate surface area is 105 Å². The van der Waals surface area contributed by atoms with Crippen molar-refractivity contribution >= 4 is 6.09 Å². The topological polar surface area (TPSA) is 41.6 Å². The monoisotopic (exact) mass is 242 g/mol. The van der Waals surface area contributed by atoms with E-state index in [2.05, 4.69) is 19.2 Å². The van der Waals surface area contributed by atoms with Crippen LogP contribution in [0.15, 0.2) is 0 Å². The van der Waals surface area contributed by atoms with Crippen molar-refractivity contribution in [1.82, 2.24) is 10.2 Å². The summed E-state index contributed by atoms with van der Waals surface area (Å²) in [5.74, 6) is 0.486. The number of hydrogen-bond acceptors (Lipinski definition) is 3. The summed E-state index contributed by atoms with van der Waals surface area (Å²) in [6, 6.07) is 0. The highest BCUT2D eigenvalue weighted by atomic mass is 16.6. The highest BCUT2D eigenvalue weighted by Crippen LogP contribution is 2.29. The minimum absolute atomic E-state index is 0.175. The first-order chi connectivity index (χ1) is 7.64. The van der Waals surface area contributed by atoms with Gasteiger partial charge in [-0.15, -0.1) is 0 Å². The molecule has 1 aliphatic rings. The lowest BCUT2D eigenvalue weighted by molar-refractivity contribution is 0.00140. The molecule has 4 nitrogen and oxygen atoms in total. The standard InChI is InChI=1S/C13H26N2O2/c1-12(2,3)17-11(16)15(6)13(4,5)10-7-8-14-9-10/h10,14H,7-9H2,1-6H3. The molecule has 0 aliphatic carbocycles. The molecule has 0 spiro atoms. The Morgan fingerprint density at radius 2 is 1.88 bits per heavy atom. The van der Waals surface area contributed by atoms with E-state index in [4.69, 9.17) is 4.74 Å². The van der Waals surface area contributed by atoms with Crippen LogP contribution in [0, 0.1) is 5.92 Å². The van der Waals surface area contributed by atoms with Gasteiger partial charge < -0.3 is 15.0 Å². The summed E-state index contributed by atoms with van der Waals surface area (Å²) >= 11 is 0. The largest absolute Gasteiger partial charge is 0.444 e. The van der Waals surface area contributed by atoms with E-state index in [1.165, 1.54) is 0 Å². The maximum absolute atomic E-state index is 12.0. The molecule has 0 aromatic heterocycles. The molecule has 1 atom stereocenters. The Bertz CT molecular complexity index is 276. The molecule has 100 valence electrons. The number of rotatable bonds is 2. The van der Waals surface area contributed by atoms with Crippen LogP contribution in [0.2, 0.25) is 0 Å². The van der Waals surface area contributed by atoms with E-state index in [1.54, 1.807) is 4.90 Å². The second-order valence-electron chi connectivity index (χ2n) is 6.38. The van der Waals surface area contributed by atoms with Crippen molar-refractivity contribution in [3.8, 4) is 0 Å². The lowest BCUT2D eigenvalue weighted by Crippen LogP contribution is -2.52. The van der Waals surface area contributed by atoms with Crippen LogP contribution in [0.1, 0.15) is 41.0 Å². The molecule has 1 amide bonds. The van der Waals surface area contributed by atoms with Crippen molar-refractivity contribution in [3.05, 3.63) is 0 Å². The van der Waals surface area contributed by atoms with E-state index in [1.807, 2.05) is 27.8 Å². The van der Waals surface area contributed by atoms with Gasteiger partial charge in [0.2, 0.25) is 0 Å². The van der Waals surface area contributed by atoms with Crippen molar-refractivity contribution in [1.29, 1.82) is 0 Å². The van der Waals surface area contributed by atoms with Crippen LogP contribution in [0.5, 0.6) is 0 Å². The highest BCUT2D eigenvalue weighted by Gasteiger charge is 2.39. The number of nitrogens with zero attached hydrogens (tertiary/aromatic N) is 1. The molecule has 4 heteroatoms. The number of hydrogen-bond donors (Lipinski definition) is 1. The Hall–Kier alpha value is -0.770. The van der Waals surface area contributed by atoms with Crippen LogP contribution in [0.3, 0.4) is 0 Å². The maximum atomic E-state index is 12.0. The van der Waals surface area contributed by atoms with Gasteiger partial charge in [0.1, 0.15) is 5.60 Å². The van der Waals surface area contributed by atoms with Crippen LogP contribution in [0.4, 0.5) is 4.79 Å². The Kier molecular flexibility index (Phi) is 4.07. The fourth-order valence-corrected chi connectivity index (χ4v) is 2.10. The van der Waals surface area contributed by atoms with Crippen LogP contribution < -0.4 is 5.32 Å². The third kappa shape index (κ3) is 3.60. The Morgan fingerprint density at radius 3 is 2.29 bits per heavy atom. The quantitative estimate of drug-likeness (QED) is 0.807. The summed E-state index contributed by atoms with van der Waals surface area (Å²) in [7, 11) is 1.83. The minimum Gasteiger partial charge on any atom is -0.444 e. The molecule has 1 rings (SSSR count). The number of ether oxygens (including phenoxy) is 1. The predicted octanol–water partition coefficient (Wildman–Crippen LogP) is 2.24. The lowest BCUT2D eigenvalue weighted by atomic mass is 9.85. The molecule has 0 radical (unpaired) electrons. The summed E-state index contributed by atoms with van der Waals surface area (Å²) in [4.78, 5) is 13.8. The van der Waals surface area contributed by atoms with Crippen LogP contribution in [-0.4, -0.2) is 42.3 Å². The van der Waals surface area contributed by atoms with Gasteiger partial charge in [-0.2, -0.15) is 0 Å². The van der Waals surface area contributed by atoms with E-state index < -0.39 is 5.60 Å². The van der Waals surface area contributed by atoms with Gasteiger partial charge in [0.15, 0.2) is 0 Å². The molecule has 1 saturated heterocycles. The second-order valence-corrected chi connectivity index (χ2v) is 6.38. The van der Waals surface area contributed by atoms with Crippen molar-refractivity contribution < 1.29 is 9.53 Å². The minimum atomic E-state index is -0.435.